The lowest BCUT2D eigenvalue weighted by atomic mass is 10.1. The molecule has 0 saturated carbocycles. The van der Waals surface area contributed by atoms with Crippen molar-refractivity contribution in [2.45, 2.75) is 19.2 Å². The highest BCUT2D eigenvalue weighted by Gasteiger charge is 2.12. The molecule has 0 fully saturated rings. The van der Waals surface area contributed by atoms with Gasteiger partial charge in [0.25, 0.3) is 0 Å². The molecule has 2 aromatic rings. The minimum atomic E-state index is -3.35. The second-order valence-corrected chi connectivity index (χ2v) is 6.50. The number of nitrogens with two attached hydrogens (primary N) is 1. The van der Waals surface area contributed by atoms with E-state index in [0.29, 0.717) is 5.69 Å². The summed E-state index contributed by atoms with van der Waals surface area (Å²) in [6.45, 7) is 2.14. The summed E-state index contributed by atoms with van der Waals surface area (Å²) in [7, 11) is -3.35. The molecule has 3 N–H and O–H groups in total. The Morgan fingerprint density at radius 2 is 1.75 bits per heavy atom. The van der Waals surface area contributed by atoms with Gasteiger partial charge in [-0.25, -0.2) is 13.1 Å². The maximum absolute atomic E-state index is 12.0. The lowest BCUT2D eigenvalue weighted by Crippen LogP contribution is -2.25. The number of rotatable bonds is 5. The SMILES string of the molecule is Cc1c(N)cccc1CNS(=O)(=O)Cc1ccccc1. The lowest BCUT2D eigenvalue weighted by Gasteiger charge is -2.10. The number of nitrogen functional groups attached to an aromatic ring is 1. The van der Waals surface area contributed by atoms with Crippen LogP contribution in [-0.4, -0.2) is 8.42 Å². The van der Waals surface area contributed by atoms with E-state index >= 15 is 0 Å². The zero-order valence-electron chi connectivity index (χ0n) is 11.3. The third kappa shape index (κ3) is 3.82. The molecule has 20 heavy (non-hydrogen) atoms. The van der Waals surface area contributed by atoms with E-state index in [1.165, 1.54) is 0 Å². The van der Waals surface area contributed by atoms with Crippen LogP contribution in [0.2, 0.25) is 0 Å². The molecule has 0 aliphatic rings. The first-order chi connectivity index (χ1) is 9.48. The summed E-state index contributed by atoms with van der Waals surface area (Å²) in [6.07, 6.45) is 0. The van der Waals surface area contributed by atoms with Gasteiger partial charge in [-0.3, -0.25) is 0 Å². The molecule has 106 valence electrons. The summed E-state index contributed by atoms with van der Waals surface area (Å²) in [5, 5.41) is 0. The fourth-order valence-electron chi connectivity index (χ4n) is 1.93. The Morgan fingerprint density at radius 1 is 1.05 bits per heavy atom. The number of anilines is 1. The fraction of sp³-hybridized carbons (Fsp3) is 0.200. The van der Waals surface area contributed by atoms with E-state index in [2.05, 4.69) is 4.72 Å². The molecule has 0 spiro atoms. The van der Waals surface area contributed by atoms with Crippen molar-refractivity contribution in [3.8, 4) is 0 Å². The molecule has 0 saturated heterocycles. The minimum Gasteiger partial charge on any atom is -0.399 e. The Morgan fingerprint density at radius 3 is 2.45 bits per heavy atom. The van der Waals surface area contributed by atoms with Crippen LogP contribution in [0.15, 0.2) is 48.5 Å². The third-order valence-corrected chi connectivity index (χ3v) is 4.47. The second kappa shape index (κ2) is 6.07. The molecule has 0 radical (unpaired) electrons. The van der Waals surface area contributed by atoms with Crippen molar-refractivity contribution < 1.29 is 8.42 Å². The van der Waals surface area contributed by atoms with E-state index in [9.17, 15) is 8.42 Å². The van der Waals surface area contributed by atoms with Gasteiger partial charge in [0.05, 0.1) is 5.75 Å². The summed E-state index contributed by atoms with van der Waals surface area (Å²) >= 11 is 0. The molecule has 0 aliphatic heterocycles. The topological polar surface area (TPSA) is 72.2 Å². The smallest absolute Gasteiger partial charge is 0.216 e. The van der Waals surface area contributed by atoms with Crippen molar-refractivity contribution in [2.75, 3.05) is 5.73 Å². The number of benzene rings is 2. The Kier molecular flexibility index (Phi) is 4.42. The van der Waals surface area contributed by atoms with Gasteiger partial charge in [0.2, 0.25) is 10.0 Å². The predicted octanol–water partition coefficient (Wildman–Crippen LogP) is 2.20. The van der Waals surface area contributed by atoms with Crippen LogP contribution >= 0.6 is 0 Å². The molecule has 0 heterocycles. The molecule has 5 heteroatoms. The van der Waals surface area contributed by atoms with Crippen molar-refractivity contribution in [2.24, 2.45) is 0 Å². The van der Waals surface area contributed by atoms with Gasteiger partial charge in [-0.1, -0.05) is 42.5 Å². The van der Waals surface area contributed by atoms with Crippen LogP contribution in [0.3, 0.4) is 0 Å². The van der Waals surface area contributed by atoms with E-state index in [1.807, 2.05) is 37.3 Å². The first-order valence-corrected chi connectivity index (χ1v) is 7.98. The van der Waals surface area contributed by atoms with Gasteiger partial charge in [0.15, 0.2) is 0 Å². The van der Waals surface area contributed by atoms with Crippen LogP contribution in [0.4, 0.5) is 5.69 Å². The number of sulfonamides is 1. The lowest BCUT2D eigenvalue weighted by molar-refractivity contribution is 0.580. The molecular weight excluding hydrogens is 272 g/mol. The molecule has 0 bridgehead atoms. The van der Waals surface area contributed by atoms with E-state index in [4.69, 9.17) is 5.73 Å². The summed E-state index contributed by atoms with van der Waals surface area (Å²) in [5.41, 5.74) is 9.05. The Labute approximate surface area is 119 Å². The molecule has 0 aliphatic carbocycles. The normalized spacial score (nSPS) is 11.4. The zero-order valence-corrected chi connectivity index (χ0v) is 12.2. The number of nitrogens with one attached hydrogen (secondary N) is 1. The predicted molar refractivity (Wildman–Crippen MR) is 81.5 cm³/mol. The van der Waals surface area contributed by atoms with E-state index in [1.54, 1.807) is 18.2 Å². The average Bonchev–Trinajstić information content (AvgIpc) is 2.41. The summed E-state index contributed by atoms with van der Waals surface area (Å²) < 4.78 is 26.7. The van der Waals surface area contributed by atoms with Gasteiger partial charge >= 0.3 is 0 Å². The largest absolute Gasteiger partial charge is 0.399 e. The van der Waals surface area contributed by atoms with Gasteiger partial charge in [-0.05, 0) is 29.7 Å². The van der Waals surface area contributed by atoms with Crippen LogP contribution in [0, 0.1) is 6.92 Å². The maximum atomic E-state index is 12.0. The molecule has 2 aromatic carbocycles. The summed E-state index contributed by atoms with van der Waals surface area (Å²) in [4.78, 5) is 0. The quantitative estimate of drug-likeness (QED) is 0.829. The first kappa shape index (κ1) is 14.6. The highest BCUT2D eigenvalue weighted by molar-refractivity contribution is 7.88. The van der Waals surface area contributed by atoms with Gasteiger partial charge in [-0.15, -0.1) is 0 Å². The highest BCUT2D eigenvalue weighted by atomic mass is 32.2. The molecule has 0 amide bonds. The van der Waals surface area contributed by atoms with E-state index in [0.717, 1.165) is 16.7 Å². The Hall–Kier alpha value is -1.85. The zero-order chi connectivity index (χ0) is 14.6. The van der Waals surface area contributed by atoms with Gasteiger partial charge in [-0.2, -0.15) is 0 Å². The van der Waals surface area contributed by atoms with Crippen LogP contribution in [0.5, 0.6) is 0 Å². The molecule has 4 nitrogen and oxygen atoms in total. The van der Waals surface area contributed by atoms with Gasteiger partial charge < -0.3 is 5.73 Å². The van der Waals surface area contributed by atoms with Crippen LogP contribution in [-0.2, 0) is 22.3 Å². The fourth-order valence-corrected chi connectivity index (χ4v) is 3.04. The van der Waals surface area contributed by atoms with Crippen LogP contribution < -0.4 is 10.5 Å². The van der Waals surface area contributed by atoms with Gasteiger partial charge in [0.1, 0.15) is 0 Å². The van der Waals surface area contributed by atoms with Crippen molar-refractivity contribution in [3.05, 3.63) is 65.2 Å². The molecule has 0 aromatic heterocycles. The first-order valence-electron chi connectivity index (χ1n) is 6.33. The standard InChI is InChI=1S/C15H18N2O2S/c1-12-14(8-5-9-15(12)16)10-17-20(18,19)11-13-6-3-2-4-7-13/h2-9,17H,10-11,16H2,1H3. The summed E-state index contributed by atoms with van der Waals surface area (Å²) in [5.74, 6) is -0.0186. The molecule has 0 atom stereocenters. The molecular formula is C15H18N2O2S. The van der Waals surface area contributed by atoms with Crippen molar-refractivity contribution in [1.82, 2.24) is 4.72 Å². The monoisotopic (exact) mass is 290 g/mol. The van der Waals surface area contributed by atoms with Gasteiger partial charge in [0, 0.05) is 12.2 Å². The van der Waals surface area contributed by atoms with E-state index in [-0.39, 0.29) is 12.3 Å². The van der Waals surface area contributed by atoms with Crippen molar-refractivity contribution >= 4 is 15.7 Å². The van der Waals surface area contributed by atoms with E-state index < -0.39 is 10.0 Å². The summed E-state index contributed by atoms with van der Waals surface area (Å²) in [6, 6.07) is 14.6. The number of hydrogen-bond donors (Lipinski definition) is 2. The maximum Gasteiger partial charge on any atom is 0.216 e. The third-order valence-electron chi connectivity index (χ3n) is 3.17. The molecule has 2 rings (SSSR count). The van der Waals surface area contributed by atoms with Crippen LogP contribution in [0.25, 0.3) is 0 Å². The minimum absolute atomic E-state index is 0.0186. The van der Waals surface area contributed by atoms with Crippen molar-refractivity contribution in [3.63, 3.8) is 0 Å². The number of hydrogen-bond acceptors (Lipinski definition) is 3. The van der Waals surface area contributed by atoms with Crippen LogP contribution in [0.1, 0.15) is 16.7 Å². The second-order valence-electron chi connectivity index (χ2n) is 4.70. The highest BCUT2D eigenvalue weighted by Crippen LogP contribution is 2.15. The Bertz CT molecular complexity index is 682. The average molecular weight is 290 g/mol. The molecule has 0 unspecified atom stereocenters. The van der Waals surface area contributed by atoms with Crippen molar-refractivity contribution in [1.29, 1.82) is 0 Å². The Balaban J connectivity index is 2.04.